The highest BCUT2D eigenvalue weighted by atomic mass is 16.6. The molecule has 0 aliphatic rings. The van der Waals surface area contributed by atoms with Crippen LogP contribution in [-0.2, 0) is 28.6 Å². The molecule has 0 aliphatic carbocycles. The van der Waals surface area contributed by atoms with Gasteiger partial charge in [0.1, 0.15) is 13.2 Å². The zero-order valence-electron chi connectivity index (χ0n) is 42.2. The molecule has 0 spiro atoms. The molecule has 6 heteroatoms. The second-order valence-corrected chi connectivity index (χ2v) is 17.5. The van der Waals surface area contributed by atoms with Gasteiger partial charge in [0.2, 0.25) is 0 Å². The van der Waals surface area contributed by atoms with E-state index in [1.54, 1.807) is 0 Å². The standard InChI is InChI=1S/C59H98O6/c1-4-7-10-13-16-19-22-25-27-29-30-32-34-37-40-43-46-49-52-58(61)64-55-56(54-63-57(60)51-48-45-42-39-36-33-24-21-18-15-12-9-6-3)65-59(62)53-50-47-44-41-38-35-31-28-26-23-20-17-14-11-8-5-2/h8-9,11-12,15,17-18,20-21,24,26-30,32,56H,4-7,10,13-14,16,19,22-23,25,31,33-55H2,1-3H3/b11-8-,12-9-,18-15-,20-17-,24-21-,28-26-,29-27-,32-30-. The third-order valence-corrected chi connectivity index (χ3v) is 11.1. The van der Waals surface area contributed by atoms with Crippen LogP contribution in [0.3, 0.4) is 0 Å². The zero-order valence-corrected chi connectivity index (χ0v) is 42.2. The lowest BCUT2D eigenvalue weighted by Gasteiger charge is -2.18. The first-order valence-electron chi connectivity index (χ1n) is 26.8. The van der Waals surface area contributed by atoms with Crippen LogP contribution in [0.5, 0.6) is 0 Å². The molecule has 0 aromatic rings. The molecule has 1 unspecified atom stereocenters. The quantitative estimate of drug-likeness (QED) is 0.0199. The summed E-state index contributed by atoms with van der Waals surface area (Å²) in [5.74, 6) is -0.948. The Labute approximate surface area is 400 Å². The van der Waals surface area contributed by atoms with E-state index in [4.69, 9.17) is 14.2 Å². The summed E-state index contributed by atoms with van der Waals surface area (Å²) in [5, 5.41) is 0. The number of hydrogen-bond acceptors (Lipinski definition) is 6. The molecule has 1 atom stereocenters. The van der Waals surface area contributed by atoms with Crippen LogP contribution in [-0.4, -0.2) is 37.2 Å². The van der Waals surface area contributed by atoms with Crippen molar-refractivity contribution in [3.05, 3.63) is 97.2 Å². The highest BCUT2D eigenvalue weighted by Gasteiger charge is 2.19. The predicted molar refractivity (Wildman–Crippen MR) is 279 cm³/mol. The largest absolute Gasteiger partial charge is 0.462 e. The number of hydrogen-bond donors (Lipinski definition) is 0. The van der Waals surface area contributed by atoms with Gasteiger partial charge < -0.3 is 14.2 Å². The molecule has 6 nitrogen and oxygen atoms in total. The van der Waals surface area contributed by atoms with Crippen molar-refractivity contribution >= 4 is 17.9 Å². The first-order chi connectivity index (χ1) is 32.0. The molecule has 0 aromatic carbocycles. The van der Waals surface area contributed by atoms with Crippen molar-refractivity contribution in [3.63, 3.8) is 0 Å². The van der Waals surface area contributed by atoms with Gasteiger partial charge in [0, 0.05) is 19.3 Å². The maximum absolute atomic E-state index is 12.8. The van der Waals surface area contributed by atoms with E-state index in [0.717, 1.165) is 135 Å². The predicted octanol–water partition coefficient (Wildman–Crippen LogP) is 17.8. The third-order valence-electron chi connectivity index (χ3n) is 11.1. The van der Waals surface area contributed by atoms with Crippen molar-refractivity contribution in [3.8, 4) is 0 Å². The minimum Gasteiger partial charge on any atom is -0.462 e. The molecule has 65 heavy (non-hydrogen) atoms. The number of rotatable bonds is 47. The Balaban J connectivity index is 4.46. The normalized spacial score (nSPS) is 12.8. The number of unbranched alkanes of at least 4 members (excludes halogenated alkanes) is 23. The van der Waals surface area contributed by atoms with Crippen LogP contribution < -0.4 is 0 Å². The lowest BCUT2D eigenvalue weighted by molar-refractivity contribution is -0.167. The second-order valence-electron chi connectivity index (χ2n) is 17.5. The topological polar surface area (TPSA) is 78.9 Å². The molecular weight excluding hydrogens is 805 g/mol. The molecule has 0 saturated carbocycles. The van der Waals surface area contributed by atoms with Crippen LogP contribution in [0.15, 0.2) is 97.2 Å². The Morgan fingerprint density at radius 3 is 1.12 bits per heavy atom. The third kappa shape index (κ3) is 51.2. The molecule has 0 bridgehead atoms. The van der Waals surface area contributed by atoms with Gasteiger partial charge in [0.25, 0.3) is 0 Å². The van der Waals surface area contributed by atoms with Gasteiger partial charge >= 0.3 is 17.9 Å². The summed E-state index contributed by atoms with van der Waals surface area (Å²) in [4.78, 5) is 38.0. The molecule has 0 aliphatic heterocycles. The summed E-state index contributed by atoms with van der Waals surface area (Å²) >= 11 is 0. The number of carbonyl (C=O) groups is 3. The summed E-state index contributed by atoms with van der Waals surface area (Å²) in [7, 11) is 0. The van der Waals surface area contributed by atoms with E-state index >= 15 is 0 Å². The van der Waals surface area contributed by atoms with Crippen molar-refractivity contribution < 1.29 is 28.6 Å². The molecule has 0 radical (unpaired) electrons. The van der Waals surface area contributed by atoms with Crippen LogP contribution in [0.2, 0.25) is 0 Å². The molecular formula is C59H98O6. The summed E-state index contributed by atoms with van der Waals surface area (Å²) in [6.45, 7) is 6.34. The first-order valence-corrected chi connectivity index (χ1v) is 26.8. The Morgan fingerprint density at radius 1 is 0.338 bits per heavy atom. The molecule has 0 aromatic heterocycles. The lowest BCUT2D eigenvalue weighted by atomic mass is 10.1. The monoisotopic (exact) mass is 903 g/mol. The van der Waals surface area contributed by atoms with Crippen molar-refractivity contribution in [2.75, 3.05) is 13.2 Å². The molecule has 0 rings (SSSR count). The number of esters is 3. The summed E-state index contributed by atoms with van der Waals surface area (Å²) < 4.78 is 16.8. The fourth-order valence-corrected chi connectivity index (χ4v) is 7.15. The van der Waals surface area contributed by atoms with Crippen molar-refractivity contribution in [2.24, 2.45) is 0 Å². The maximum Gasteiger partial charge on any atom is 0.306 e. The van der Waals surface area contributed by atoms with Gasteiger partial charge in [-0.15, -0.1) is 0 Å². The van der Waals surface area contributed by atoms with Gasteiger partial charge in [-0.25, -0.2) is 0 Å². The smallest absolute Gasteiger partial charge is 0.306 e. The molecule has 0 fully saturated rings. The van der Waals surface area contributed by atoms with Gasteiger partial charge in [-0.05, 0) is 96.3 Å². The second kappa shape index (κ2) is 52.9. The Kier molecular flexibility index (Phi) is 50.0. The Bertz CT molecular complexity index is 1310. The highest BCUT2D eigenvalue weighted by Crippen LogP contribution is 2.14. The summed E-state index contributed by atoms with van der Waals surface area (Å²) in [6, 6.07) is 0. The van der Waals surface area contributed by atoms with Crippen LogP contribution in [0.4, 0.5) is 0 Å². The molecule has 0 saturated heterocycles. The van der Waals surface area contributed by atoms with E-state index in [1.165, 1.54) is 64.2 Å². The summed E-state index contributed by atoms with van der Waals surface area (Å²) in [6.07, 6.45) is 69.6. The van der Waals surface area contributed by atoms with Gasteiger partial charge in [0.05, 0.1) is 0 Å². The van der Waals surface area contributed by atoms with E-state index in [0.29, 0.717) is 19.3 Å². The van der Waals surface area contributed by atoms with E-state index in [2.05, 4.69) is 118 Å². The maximum atomic E-state index is 12.8. The van der Waals surface area contributed by atoms with Gasteiger partial charge in [-0.2, -0.15) is 0 Å². The van der Waals surface area contributed by atoms with Crippen LogP contribution in [0.1, 0.15) is 239 Å². The minimum absolute atomic E-state index is 0.0988. The van der Waals surface area contributed by atoms with Gasteiger partial charge in [-0.3, -0.25) is 14.4 Å². The average molecular weight is 903 g/mol. The van der Waals surface area contributed by atoms with Crippen LogP contribution >= 0.6 is 0 Å². The Morgan fingerprint density at radius 2 is 0.677 bits per heavy atom. The first kappa shape index (κ1) is 61.3. The van der Waals surface area contributed by atoms with Crippen LogP contribution in [0.25, 0.3) is 0 Å². The van der Waals surface area contributed by atoms with E-state index in [1.807, 2.05) is 0 Å². The highest BCUT2D eigenvalue weighted by molar-refractivity contribution is 5.71. The van der Waals surface area contributed by atoms with Gasteiger partial charge in [-0.1, -0.05) is 221 Å². The number of allylic oxidation sites excluding steroid dienone is 16. The van der Waals surface area contributed by atoms with E-state index in [-0.39, 0.29) is 31.1 Å². The van der Waals surface area contributed by atoms with Crippen LogP contribution in [0, 0.1) is 0 Å². The number of ether oxygens (including phenoxy) is 3. The van der Waals surface area contributed by atoms with Crippen molar-refractivity contribution in [2.45, 2.75) is 245 Å². The van der Waals surface area contributed by atoms with Gasteiger partial charge in [0.15, 0.2) is 6.10 Å². The lowest BCUT2D eigenvalue weighted by Crippen LogP contribution is -2.30. The molecule has 0 amide bonds. The number of carbonyl (C=O) groups excluding carboxylic acids is 3. The van der Waals surface area contributed by atoms with Crippen molar-refractivity contribution in [1.82, 2.24) is 0 Å². The van der Waals surface area contributed by atoms with E-state index in [9.17, 15) is 14.4 Å². The van der Waals surface area contributed by atoms with E-state index < -0.39 is 6.10 Å². The fraction of sp³-hybridized carbons (Fsp3) is 0.678. The molecule has 0 heterocycles. The summed E-state index contributed by atoms with van der Waals surface area (Å²) in [5.41, 5.74) is 0. The SMILES string of the molecule is CC\C=C/C=C\C=C/CCCCCCCC(=O)OCC(COC(=O)CCCCCCC/C=C\C=C/CCCCCCCCC)OC(=O)CCCCCCCC/C=C\C/C=C\C/C=C\CC. The van der Waals surface area contributed by atoms with Crippen molar-refractivity contribution in [1.29, 1.82) is 0 Å². The molecule has 0 N–H and O–H groups in total. The zero-order chi connectivity index (χ0) is 47.2. The average Bonchev–Trinajstić information content (AvgIpc) is 3.30. The molecule has 370 valence electrons. The Hall–Kier alpha value is -3.67. The fourth-order valence-electron chi connectivity index (χ4n) is 7.15. The minimum atomic E-state index is -0.800.